The van der Waals surface area contributed by atoms with Gasteiger partial charge in [-0.1, -0.05) is 26.8 Å². The fraction of sp³-hybridized carbons (Fsp3) is 0.480. The predicted octanol–water partition coefficient (Wildman–Crippen LogP) is 3.29. The van der Waals surface area contributed by atoms with Gasteiger partial charge in [0.05, 0.1) is 35.6 Å². The maximum absolute atomic E-state index is 12.9. The highest BCUT2D eigenvalue weighted by Gasteiger charge is 2.38. The van der Waals surface area contributed by atoms with Crippen LogP contribution >= 0.6 is 0 Å². The van der Waals surface area contributed by atoms with Crippen LogP contribution in [0.15, 0.2) is 35.1 Å². The smallest absolute Gasteiger partial charge is 0.330 e. The summed E-state index contributed by atoms with van der Waals surface area (Å²) in [5.74, 6) is 0. The van der Waals surface area contributed by atoms with E-state index in [0.29, 0.717) is 35.6 Å². The van der Waals surface area contributed by atoms with Gasteiger partial charge in [0.1, 0.15) is 0 Å². The normalized spacial score (nSPS) is 20.8. The van der Waals surface area contributed by atoms with Gasteiger partial charge in [-0.3, -0.25) is 14.0 Å². The SMILES string of the molecule is Cn1c(=O)n(CC(C)(C)C)c2ccc(-c3cc(CN4C[C@@H]5C[C@H]4CO5)ccc3C#N)nc21. The van der Waals surface area contributed by atoms with E-state index in [1.165, 1.54) is 0 Å². The highest BCUT2D eigenvalue weighted by Crippen LogP contribution is 2.31. The van der Waals surface area contributed by atoms with Crippen LogP contribution in [0.5, 0.6) is 0 Å². The van der Waals surface area contributed by atoms with Crippen molar-refractivity contribution in [1.29, 1.82) is 5.26 Å². The van der Waals surface area contributed by atoms with Crippen molar-refractivity contribution < 1.29 is 4.74 Å². The second kappa shape index (κ2) is 7.58. The monoisotopic (exact) mass is 431 g/mol. The number of hydrogen-bond acceptors (Lipinski definition) is 5. The van der Waals surface area contributed by atoms with Gasteiger partial charge in [-0.2, -0.15) is 5.26 Å². The van der Waals surface area contributed by atoms with Gasteiger partial charge >= 0.3 is 5.69 Å². The fourth-order valence-corrected chi connectivity index (χ4v) is 4.96. The third-order valence-corrected chi connectivity index (χ3v) is 6.49. The molecule has 5 rings (SSSR count). The molecule has 2 aliphatic heterocycles. The van der Waals surface area contributed by atoms with Crippen molar-refractivity contribution >= 4 is 11.2 Å². The number of pyridine rings is 1. The molecule has 2 bridgehead atoms. The number of rotatable bonds is 4. The molecule has 2 aromatic heterocycles. The highest BCUT2D eigenvalue weighted by molar-refractivity contribution is 5.78. The number of aromatic nitrogens is 3. The molecule has 0 unspecified atom stereocenters. The second-order valence-corrected chi connectivity index (χ2v) is 10.3. The second-order valence-electron chi connectivity index (χ2n) is 10.3. The summed E-state index contributed by atoms with van der Waals surface area (Å²) in [7, 11) is 1.76. The molecule has 0 N–H and O–H groups in total. The van der Waals surface area contributed by atoms with Crippen LogP contribution in [0.4, 0.5) is 0 Å². The first-order chi connectivity index (χ1) is 15.2. The maximum atomic E-state index is 12.9. The Morgan fingerprint density at radius 2 is 2.06 bits per heavy atom. The van der Waals surface area contributed by atoms with Crippen LogP contribution in [-0.4, -0.2) is 44.3 Å². The lowest BCUT2D eigenvalue weighted by Crippen LogP contribution is -2.36. The van der Waals surface area contributed by atoms with Crippen LogP contribution in [0, 0.1) is 16.7 Å². The average molecular weight is 432 g/mol. The van der Waals surface area contributed by atoms with E-state index in [-0.39, 0.29) is 11.1 Å². The number of hydrogen-bond donors (Lipinski definition) is 0. The van der Waals surface area contributed by atoms with Crippen LogP contribution in [0.2, 0.25) is 0 Å². The molecule has 0 radical (unpaired) electrons. The molecule has 1 aromatic carbocycles. The van der Waals surface area contributed by atoms with E-state index in [9.17, 15) is 10.1 Å². The number of imidazole rings is 1. The van der Waals surface area contributed by atoms with Crippen molar-refractivity contribution in [3.63, 3.8) is 0 Å². The zero-order valence-corrected chi connectivity index (χ0v) is 19.1. The molecule has 2 saturated heterocycles. The average Bonchev–Trinajstić information content (AvgIpc) is 3.44. The number of nitriles is 1. The summed E-state index contributed by atoms with van der Waals surface area (Å²) in [5, 5.41) is 9.72. The predicted molar refractivity (Wildman–Crippen MR) is 123 cm³/mol. The minimum Gasteiger partial charge on any atom is -0.375 e. The zero-order chi connectivity index (χ0) is 22.6. The topological polar surface area (TPSA) is 76.1 Å². The van der Waals surface area contributed by atoms with Crippen LogP contribution in [0.1, 0.15) is 38.3 Å². The van der Waals surface area contributed by atoms with E-state index in [1.807, 2.05) is 24.3 Å². The van der Waals surface area contributed by atoms with E-state index in [0.717, 1.165) is 42.8 Å². The lowest BCUT2D eigenvalue weighted by molar-refractivity contribution is 0.0273. The number of aryl methyl sites for hydroxylation is 1. The molecule has 0 saturated carbocycles. The van der Waals surface area contributed by atoms with E-state index < -0.39 is 0 Å². The lowest BCUT2D eigenvalue weighted by Gasteiger charge is -2.26. The van der Waals surface area contributed by atoms with Crippen molar-refractivity contribution in [1.82, 2.24) is 19.0 Å². The van der Waals surface area contributed by atoms with Crippen molar-refractivity contribution in [2.45, 2.75) is 52.4 Å². The number of morpholine rings is 1. The summed E-state index contributed by atoms with van der Waals surface area (Å²) in [6, 6.07) is 12.7. The first kappa shape index (κ1) is 20.9. The van der Waals surface area contributed by atoms with E-state index in [4.69, 9.17) is 9.72 Å². The third kappa shape index (κ3) is 3.64. The van der Waals surface area contributed by atoms with Gasteiger partial charge in [0.25, 0.3) is 0 Å². The van der Waals surface area contributed by atoms with Crippen molar-refractivity contribution in [2.75, 3.05) is 13.2 Å². The maximum Gasteiger partial charge on any atom is 0.330 e. The molecular weight excluding hydrogens is 402 g/mol. The Morgan fingerprint density at radius 3 is 2.72 bits per heavy atom. The molecule has 0 amide bonds. The Kier molecular flexibility index (Phi) is 4.95. The molecule has 2 atom stereocenters. The Morgan fingerprint density at radius 1 is 1.25 bits per heavy atom. The molecule has 3 aromatic rings. The molecule has 4 heterocycles. The number of nitrogens with zero attached hydrogens (tertiary/aromatic N) is 5. The van der Waals surface area contributed by atoms with Crippen LogP contribution in [0.3, 0.4) is 0 Å². The largest absolute Gasteiger partial charge is 0.375 e. The molecule has 166 valence electrons. The molecule has 2 aliphatic rings. The number of fused-ring (bicyclic) bond motifs is 3. The Hall–Kier alpha value is -2.95. The van der Waals surface area contributed by atoms with Crippen LogP contribution in [0.25, 0.3) is 22.4 Å². The summed E-state index contributed by atoms with van der Waals surface area (Å²) in [6.45, 7) is 9.57. The Bertz CT molecular complexity index is 1290. The molecule has 2 fully saturated rings. The van der Waals surface area contributed by atoms with Crippen molar-refractivity contribution in [3.05, 3.63) is 51.9 Å². The molecule has 7 nitrogen and oxygen atoms in total. The van der Waals surface area contributed by atoms with E-state index in [1.54, 1.807) is 16.2 Å². The summed E-state index contributed by atoms with van der Waals surface area (Å²) < 4.78 is 9.11. The summed E-state index contributed by atoms with van der Waals surface area (Å²) in [6.07, 6.45) is 1.47. The summed E-state index contributed by atoms with van der Waals surface area (Å²) in [4.78, 5) is 20.2. The fourth-order valence-electron chi connectivity index (χ4n) is 4.96. The third-order valence-electron chi connectivity index (χ3n) is 6.49. The Balaban J connectivity index is 1.53. The highest BCUT2D eigenvalue weighted by atomic mass is 16.5. The quantitative estimate of drug-likeness (QED) is 0.634. The van der Waals surface area contributed by atoms with Gasteiger partial charge in [0.2, 0.25) is 0 Å². The first-order valence-corrected chi connectivity index (χ1v) is 11.2. The van der Waals surface area contributed by atoms with Crippen LogP contribution < -0.4 is 5.69 Å². The van der Waals surface area contributed by atoms with Gasteiger partial charge in [-0.05, 0) is 41.7 Å². The number of likely N-dealkylation sites (tertiary alicyclic amines) is 1. The standard InChI is InChI=1S/C25H29N5O2/c1-25(2,3)15-30-22-8-7-21(27-23(22)28(4)24(30)31)20-9-16(5-6-17(20)11-26)12-29-13-19-10-18(29)14-32-19/h5-9,18-19H,10,12-15H2,1-4H3/t18-,19-/m0/s1. The first-order valence-electron chi connectivity index (χ1n) is 11.2. The van der Waals surface area contributed by atoms with Gasteiger partial charge < -0.3 is 4.74 Å². The Labute approximate surface area is 187 Å². The molecule has 0 spiro atoms. The summed E-state index contributed by atoms with van der Waals surface area (Å²) >= 11 is 0. The zero-order valence-electron chi connectivity index (χ0n) is 19.1. The van der Waals surface area contributed by atoms with Gasteiger partial charge in [0.15, 0.2) is 5.65 Å². The molecular formula is C25H29N5O2. The van der Waals surface area contributed by atoms with Gasteiger partial charge in [-0.25, -0.2) is 9.78 Å². The molecule has 7 heteroatoms. The lowest BCUT2D eigenvalue weighted by atomic mass is 9.97. The van der Waals surface area contributed by atoms with E-state index in [2.05, 4.69) is 37.8 Å². The minimum absolute atomic E-state index is 0.0286. The summed E-state index contributed by atoms with van der Waals surface area (Å²) in [5.41, 5.74) is 4.63. The molecule has 32 heavy (non-hydrogen) atoms. The number of ether oxygens (including phenoxy) is 1. The van der Waals surface area contributed by atoms with E-state index >= 15 is 0 Å². The van der Waals surface area contributed by atoms with Gasteiger partial charge in [-0.15, -0.1) is 0 Å². The number of benzene rings is 1. The van der Waals surface area contributed by atoms with Gasteiger partial charge in [0, 0.05) is 38.3 Å². The minimum atomic E-state index is -0.0693. The van der Waals surface area contributed by atoms with Crippen molar-refractivity contribution in [2.24, 2.45) is 12.5 Å². The van der Waals surface area contributed by atoms with Crippen molar-refractivity contribution in [3.8, 4) is 17.3 Å². The van der Waals surface area contributed by atoms with Crippen LogP contribution in [-0.2, 0) is 24.9 Å². The molecule has 0 aliphatic carbocycles.